The van der Waals surface area contributed by atoms with Crippen LogP contribution in [0.4, 0.5) is 4.39 Å². The van der Waals surface area contributed by atoms with Crippen LogP contribution in [0.25, 0.3) is 5.57 Å². The third kappa shape index (κ3) is 1.70. The molecule has 0 aliphatic heterocycles. The summed E-state index contributed by atoms with van der Waals surface area (Å²) in [5, 5.41) is -0.503. The Balaban J connectivity index is 2.48. The van der Waals surface area contributed by atoms with Gasteiger partial charge in [-0.25, -0.2) is 4.39 Å². The lowest BCUT2D eigenvalue weighted by Gasteiger charge is -1.99. The Morgan fingerprint density at radius 3 is 2.93 bits per heavy atom. The molecule has 0 atom stereocenters. The number of benzene rings is 1. The van der Waals surface area contributed by atoms with E-state index in [4.69, 9.17) is 11.6 Å². The Bertz CT molecular complexity index is 423. The van der Waals surface area contributed by atoms with E-state index < -0.39 is 5.24 Å². The predicted molar refractivity (Wildman–Crippen MR) is 53.6 cm³/mol. The summed E-state index contributed by atoms with van der Waals surface area (Å²) in [5.74, 6) is -0.279. The standard InChI is InChI=1S/C11H8ClFO/c12-11(14)5-8-2-1-7-3-4-9(13)6-10(7)8/h3-6H,1-2H2/b8-5+. The lowest BCUT2D eigenvalue weighted by Crippen LogP contribution is -1.85. The molecule has 0 saturated carbocycles. The van der Waals surface area contributed by atoms with Gasteiger partial charge in [0.2, 0.25) is 5.24 Å². The zero-order chi connectivity index (χ0) is 10.1. The average Bonchev–Trinajstić information content (AvgIpc) is 2.47. The Hall–Kier alpha value is -1.15. The highest BCUT2D eigenvalue weighted by atomic mass is 35.5. The zero-order valence-electron chi connectivity index (χ0n) is 7.39. The topological polar surface area (TPSA) is 17.1 Å². The SMILES string of the molecule is O=C(Cl)/C=C1\CCc2ccc(F)cc21. The van der Waals surface area contributed by atoms with Crippen molar-refractivity contribution in [2.45, 2.75) is 12.8 Å². The fourth-order valence-electron chi connectivity index (χ4n) is 1.76. The molecule has 0 bridgehead atoms. The molecule has 0 aromatic heterocycles. The summed E-state index contributed by atoms with van der Waals surface area (Å²) in [7, 11) is 0. The van der Waals surface area contributed by atoms with E-state index in [-0.39, 0.29) is 5.82 Å². The summed E-state index contributed by atoms with van der Waals surface area (Å²) in [6.07, 6.45) is 2.98. The van der Waals surface area contributed by atoms with Gasteiger partial charge in [-0.2, -0.15) is 0 Å². The second-order valence-corrected chi connectivity index (χ2v) is 3.65. The molecule has 14 heavy (non-hydrogen) atoms. The molecule has 0 amide bonds. The van der Waals surface area contributed by atoms with Gasteiger partial charge in [-0.15, -0.1) is 0 Å². The van der Waals surface area contributed by atoms with Crippen LogP contribution in [0.5, 0.6) is 0 Å². The van der Waals surface area contributed by atoms with Crippen molar-refractivity contribution in [2.24, 2.45) is 0 Å². The summed E-state index contributed by atoms with van der Waals surface area (Å²) in [6.45, 7) is 0. The van der Waals surface area contributed by atoms with Crippen LogP contribution < -0.4 is 0 Å². The van der Waals surface area contributed by atoms with Crippen LogP contribution in [-0.4, -0.2) is 5.24 Å². The van der Waals surface area contributed by atoms with Gasteiger partial charge in [0.1, 0.15) is 5.82 Å². The van der Waals surface area contributed by atoms with Crippen molar-refractivity contribution >= 4 is 22.4 Å². The fraction of sp³-hybridized carbons (Fsp3) is 0.182. The smallest absolute Gasteiger partial charge is 0.245 e. The molecule has 0 unspecified atom stereocenters. The molecule has 1 aliphatic rings. The van der Waals surface area contributed by atoms with Gasteiger partial charge in [-0.05, 0) is 53.3 Å². The quantitative estimate of drug-likeness (QED) is 0.515. The maximum absolute atomic E-state index is 12.9. The minimum absolute atomic E-state index is 0.279. The van der Waals surface area contributed by atoms with Gasteiger partial charge in [0.25, 0.3) is 0 Å². The third-order valence-corrected chi connectivity index (χ3v) is 2.48. The van der Waals surface area contributed by atoms with Crippen LogP contribution in [0.3, 0.4) is 0 Å². The molecule has 72 valence electrons. The zero-order valence-corrected chi connectivity index (χ0v) is 8.14. The van der Waals surface area contributed by atoms with Crippen LogP contribution in [0.1, 0.15) is 17.5 Å². The number of hydrogen-bond donors (Lipinski definition) is 0. The highest BCUT2D eigenvalue weighted by Crippen LogP contribution is 2.32. The van der Waals surface area contributed by atoms with E-state index in [0.29, 0.717) is 0 Å². The van der Waals surface area contributed by atoms with Crippen molar-refractivity contribution in [1.82, 2.24) is 0 Å². The Kier molecular flexibility index (Phi) is 2.38. The number of aryl methyl sites for hydroxylation is 1. The van der Waals surface area contributed by atoms with Gasteiger partial charge in [-0.1, -0.05) is 6.07 Å². The van der Waals surface area contributed by atoms with Crippen LogP contribution in [-0.2, 0) is 11.2 Å². The molecule has 0 N–H and O–H groups in total. The summed E-state index contributed by atoms with van der Waals surface area (Å²) in [6, 6.07) is 4.64. The molecule has 1 aromatic carbocycles. The van der Waals surface area contributed by atoms with E-state index in [1.165, 1.54) is 18.2 Å². The lowest BCUT2D eigenvalue weighted by atomic mass is 10.1. The number of halogens is 2. The van der Waals surface area contributed by atoms with E-state index >= 15 is 0 Å². The van der Waals surface area contributed by atoms with Gasteiger partial charge < -0.3 is 0 Å². The first kappa shape index (κ1) is 9.41. The second-order valence-electron chi connectivity index (χ2n) is 3.28. The van der Waals surface area contributed by atoms with Crippen molar-refractivity contribution < 1.29 is 9.18 Å². The minimum atomic E-state index is -0.503. The summed E-state index contributed by atoms with van der Waals surface area (Å²) < 4.78 is 12.9. The number of carbonyl (C=O) groups excluding carboxylic acids is 1. The van der Waals surface area contributed by atoms with Gasteiger partial charge in [0.05, 0.1) is 0 Å². The maximum atomic E-state index is 12.9. The molecule has 0 fully saturated rings. The number of allylic oxidation sites excluding steroid dienone is 2. The largest absolute Gasteiger partial charge is 0.276 e. The molecular formula is C11H8ClFO. The average molecular weight is 211 g/mol. The molecule has 0 radical (unpaired) electrons. The number of fused-ring (bicyclic) bond motifs is 1. The van der Waals surface area contributed by atoms with Crippen LogP contribution in [0.15, 0.2) is 24.3 Å². The molecule has 0 spiro atoms. The molecule has 0 heterocycles. The normalized spacial score (nSPS) is 17.1. The first-order valence-corrected chi connectivity index (χ1v) is 4.73. The molecule has 0 saturated heterocycles. The van der Waals surface area contributed by atoms with Crippen molar-refractivity contribution in [3.8, 4) is 0 Å². The van der Waals surface area contributed by atoms with Gasteiger partial charge >= 0.3 is 0 Å². The first-order chi connectivity index (χ1) is 6.66. The summed E-state index contributed by atoms with van der Waals surface area (Å²) in [5.41, 5.74) is 2.73. The van der Waals surface area contributed by atoms with Crippen molar-refractivity contribution in [3.63, 3.8) is 0 Å². The van der Waals surface area contributed by atoms with Crippen LogP contribution in [0.2, 0.25) is 0 Å². The Morgan fingerprint density at radius 1 is 1.43 bits per heavy atom. The summed E-state index contributed by atoms with van der Waals surface area (Å²) in [4.78, 5) is 10.7. The second kappa shape index (κ2) is 3.54. The molecule has 1 aromatic rings. The van der Waals surface area contributed by atoms with E-state index in [1.807, 2.05) is 0 Å². The molecule has 1 nitrogen and oxygen atoms in total. The van der Waals surface area contributed by atoms with E-state index in [2.05, 4.69) is 0 Å². The first-order valence-electron chi connectivity index (χ1n) is 4.35. The van der Waals surface area contributed by atoms with Crippen molar-refractivity contribution in [2.75, 3.05) is 0 Å². The molecule has 3 heteroatoms. The lowest BCUT2D eigenvalue weighted by molar-refractivity contribution is -0.107. The molecule has 1 aliphatic carbocycles. The monoisotopic (exact) mass is 210 g/mol. The number of hydrogen-bond acceptors (Lipinski definition) is 1. The predicted octanol–water partition coefficient (Wildman–Crippen LogP) is 2.92. The maximum Gasteiger partial charge on any atom is 0.245 e. The fourth-order valence-corrected chi connectivity index (χ4v) is 1.89. The van der Waals surface area contributed by atoms with Crippen LogP contribution >= 0.6 is 11.6 Å². The molecular weight excluding hydrogens is 203 g/mol. The third-order valence-electron chi connectivity index (χ3n) is 2.37. The van der Waals surface area contributed by atoms with Gasteiger partial charge in [-0.3, -0.25) is 4.79 Å². The van der Waals surface area contributed by atoms with Gasteiger partial charge in [0.15, 0.2) is 0 Å². The highest BCUT2D eigenvalue weighted by Gasteiger charge is 2.17. The number of carbonyl (C=O) groups is 1. The summed E-state index contributed by atoms with van der Waals surface area (Å²) >= 11 is 5.26. The highest BCUT2D eigenvalue weighted by molar-refractivity contribution is 6.67. The van der Waals surface area contributed by atoms with Crippen molar-refractivity contribution in [3.05, 3.63) is 41.2 Å². The van der Waals surface area contributed by atoms with Gasteiger partial charge in [0, 0.05) is 6.08 Å². The van der Waals surface area contributed by atoms with Crippen LogP contribution in [0, 0.1) is 5.82 Å². The number of rotatable bonds is 1. The Labute approximate surface area is 86.2 Å². The minimum Gasteiger partial charge on any atom is -0.276 e. The Morgan fingerprint density at radius 2 is 2.21 bits per heavy atom. The molecule has 2 rings (SSSR count). The van der Waals surface area contributed by atoms with E-state index in [9.17, 15) is 9.18 Å². The van der Waals surface area contributed by atoms with Crippen molar-refractivity contribution in [1.29, 1.82) is 0 Å². The van der Waals surface area contributed by atoms with E-state index in [1.54, 1.807) is 6.07 Å². The van der Waals surface area contributed by atoms with E-state index in [0.717, 1.165) is 29.5 Å².